The second kappa shape index (κ2) is 7.68. The first-order valence-corrected chi connectivity index (χ1v) is 8.47. The van der Waals surface area contributed by atoms with Gasteiger partial charge in [0.15, 0.2) is 0 Å². The fourth-order valence-corrected chi connectivity index (χ4v) is 2.77. The molecular formula is C19H19ClN2O3. The second-order valence-electron chi connectivity index (χ2n) is 5.92. The maximum absolute atomic E-state index is 12.6. The van der Waals surface area contributed by atoms with Crippen molar-refractivity contribution in [2.45, 2.75) is 6.92 Å². The smallest absolute Gasteiger partial charge is 0.255 e. The van der Waals surface area contributed by atoms with Gasteiger partial charge in [0.05, 0.1) is 23.9 Å². The molecule has 130 valence electrons. The molecule has 1 aliphatic rings. The number of ether oxygens (including phenoxy) is 1. The highest BCUT2D eigenvalue weighted by Crippen LogP contribution is 2.24. The minimum absolute atomic E-state index is 0.0919. The Balaban J connectivity index is 1.78. The molecule has 2 amide bonds. The highest BCUT2D eigenvalue weighted by atomic mass is 35.5. The maximum atomic E-state index is 12.6. The van der Waals surface area contributed by atoms with E-state index in [4.69, 9.17) is 16.3 Å². The lowest BCUT2D eigenvalue weighted by Crippen LogP contribution is -2.40. The van der Waals surface area contributed by atoms with E-state index in [0.717, 1.165) is 5.56 Å². The van der Waals surface area contributed by atoms with Gasteiger partial charge in [0, 0.05) is 24.2 Å². The van der Waals surface area contributed by atoms with E-state index >= 15 is 0 Å². The Bertz CT molecular complexity index is 784. The summed E-state index contributed by atoms with van der Waals surface area (Å²) < 4.78 is 5.27. The van der Waals surface area contributed by atoms with Crippen molar-refractivity contribution in [3.05, 3.63) is 64.2 Å². The number of halogens is 1. The highest BCUT2D eigenvalue weighted by Gasteiger charge is 2.19. The predicted molar refractivity (Wildman–Crippen MR) is 97.3 cm³/mol. The van der Waals surface area contributed by atoms with E-state index in [1.54, 1.807) is 35.2 Å². The van der Waals surface area contributed by atoms with E-state index in [1.807, 2.05) is 19.1 Å². The van der Waals surface area contributed by atoms with Crippen LogP contribution in [-0.4, -0.2) is 43.0 Å². The summed E-state index contributed by atoms with van der Waals surface area (Å²) in [4.78, 5) is 26.7. The Hall–Kier alpha value is -2.37. The van der Waals surface area contributed by atoms with Gasteiger partial charge in [0.1, 0.15) is 0 Å². The van der Waals surface area contributed by atoms with E-state index in [-0.39, 0.29) is 11.8 Å². The number of benzene rings is 2. The average Bonchev–Trinajstić information content (AvgIpc) is 2.64. The lowest BCUT2D eigenvalue weighted by molar-refractivity contribution is 0.0303. The molecule has 1 N–H and O–H groups in total. The molecule has 0 aromatic heterocycles. The van der Waals surface area contributed by atoms with Crippen LogP contribution in [0.1, 0.15) is 26.3 Å². The van der Waals surface area contributed by atoms with Crippen molar-refractivity contribution in [1.82, 2.24) is 4.90 Å². The topological polar surface area (TPSA) is 58.6 Å². The summed E-state index contributed by atoms with van der Waals surface area (Å²) in [6, 6.07) is 12.2. The van der Waals surface area contributed by atoms with E-state index < -0.39 is 0 Å². The summed E-state index contributed by atoms with van der Waals surface area (Å²) in [7, 11) is 0. The van der Waals surface area contributed by atoms with Crippen LogP contribution in [0, 0.1) is 6.92 Å². The SMILES string of the molecule is Cc1ccc(C(=O)Nc2cc(C(=O)N3CCOCC3)ccc2Cl)cc1. The Morgan fingerprint density at radius 3 is 2.36 bits per heavy atom. The summed E-state index contributed by atoms with van der Waals surface area (Å²) in [5.74, 6) is -0.358. The third-order valence-corrected chi connectivity index (χ3v) is 4.40. The monoisotopic (exact) mass is 358 g/mol. The summed E-state index contributed by atoms with van der Waals surface area (Å²) >= 11 is 6.18. The van der Waals surface area contributed by atoms with Gasteiger partial charge in [-0.2, -0.15) is 0 Å². The van der Waals surface area contributed by atoms with Crippen LogP contribution in [0.2, 0.25) is 5.02 Å². The summed E-state index contributed by atoms with van der Waals surface area (Å²) in [6.07, 6.45) is 0. The molecule has 0 spiro atoms. The Morgan fingerprint density at radius 1 is 1.04 bits per heavy atom. The first-order valence-electron chi connectivity index (χ1n) is 8.09. The van der Waals surface area contributed by atoms with Gasteiger partial charge in [-0.3, -0.25) is 9.59 Å². The normalized spacial score (nSPS) is 14.2. The summed E-state index contributed by atoms with van der Waals surface area (Å²) in [6.45, 7) is 4.16. The van der Waals surface area contributed by atoms with E-state index in [9.17, 15) is 9.59 Å². The van der Waals surface area contributed by atoms with Gasteiger partial charge in [-0.15, -0.1) is 0 Å². The van der Waals surface area contributed by atoms with Crippen LogP contribution in [0.25, 0.3) is 0 Å². The second-order valence-corrected chi connectivity index (χ2v) is 6.33. The van der Waals surface area contributed by atoms with Crippen molar-refractivity contribution in [2.24, 2.45) is 0 Å². The number of nitrogens with one attached hydrogen (secondary N) is 1. The number of hydrogen-bond donors (Lipinski definition) is 1. The molecule has 0 radical (unpaired) electrons. The fraction of sp³-hybridized carbons (Fsp3) is 0.263. The number of carbonyl (C=O) groups is 2. The molecule has 3 rings (SSSR count). The van der Waals surface area contributed by atoms with Gasteiger partial charge in [-0.25, -0.2) is 0 Å². The molecule has 2 aromatic carbocycles. The minimum atomic E-state index is -0.266. The van der Waals surface area contributed by atoms with Crippen LogP contribution in [0.3, 0.4) is 0 Å². The first-order chi connectivity index (χ1) is 12.0. The third kappa shape index (κ3) is 4.18. The molecular weight excluding hydrogens is 340 g/mol. The van der Waals surface area contributed by atoms with Gasteiger partial charge in [-0.1, -0.05) is 29.3 Å². The molecule has 1 heterocycles. The molecule has 1 fully saturated rings. The number of rotatable bonds is 3. The number of aryl methyl sites for hydroxylation is 1. The zero-order chi connectivity index (χ0) is 17.8. The standard InChI is InChI=1S/C19H19ClN2O3/c1-13-2-4-14(5-3-13)18(23)21-17-12-15(6-7-16(17)20)19(24)22-8-10-25-11-9-22/h2-7,12H,8-11H2,1H3,(H,21,23). The molecule has 0 bridgehead atoms. The van der Waals surface area contributed by atoms with Crippen molar-refractivity contribution >= 4 is 29.1 Å². The van der Waals surface area contributed by atoms with Crippen molar-refractivity contribution in [3.63, 3.8) is 0 Å². The van der Waals surface area contributed by atoms with Gasteiger partial charge in [0.25, 0.3) is 11.8 Å². The van der Waals surface area contributed by atoms with E-state index in [0.29, 0.717) is 48.1 Å². The highest BCUT2D eigenvalue weighted by molar-refractivity contribution is 6.34. The Morgan fingerprint density at radius 2 is 1.68 bits per heavy atom. The first kappa shape index (κ1) is 17.5. The molecule has 25 heavy (non-hydrogen) atoms. The van der Waals surface area contributed by atoms with Crippen LogP contribution in [-0.2, 0) is 4.74 Å². The lowest BCUT2D eigenvalue weighted by Gasteiger charge is -2.27. The van der Waals surface area contributed by atoms with E-state index in [1.165, 1.54) is 0 Å². The quantitative estimate of drug-likeness (QED) is 0.915. The van der Waals surface area contributed by atoms with Crippen molar-refractivity contribution in [1.29, 1.82) is 0 Å². The predicted octanol–water partition coefficient (Wildman–Crippen LogP) is 3.37. The van der Waals surface area contributed by atoms with Crippen molar-refractivity contribution < 1.29 is 14.3 Å². The number of carbonyl (C=O) groups excluding carboxylic acids is 2. The van der Waals surface area contributed by atoms with Crippen LogP contribution in [0.15, 0.2) is 42.5 Å². The molecule has 0 unspecified atom stereocenters. The molecule has 0 atom stereocenters. The van der Waals surface area contributed by atoms with E-state index in [2.05, 4.69) is 5.32 Å². The average molecular weight is 359 g/mol. The van der Waals surface area contributed by atoms with Crippen LogP contribution >= 0.6 is 11.6 Å². The molecule has 5 nitrogen and oxygen atoms in total. The largest absolute Gasteiger partial charge is 0.378 e. The molecule has 0 aliphatic carbocycles. The molecule has 1 saturated heterocycles. The number of anilines is 1. The number of hydrogen-bond acceptors (Lipinski definition) is 3. The minimum Gasteiger partial charge on any atom is -0.378 e. The zero-order valence-electron chi connectivity index (χ0n) is 13.9. The zero-order valence-corrected chi connectivity index (χ0v) is 14.7. The van der Waals surface area contributed by atoms with Gasteiger partial charge >= 0.3 is 0 Å². The number of nitrogens with zero attached hydrogens (tertiary/aromatic N) is 1. The van der Waals surface area contributed by atoms with Crippen molar-refractivity contribution in [2.75, 3.05) is 31.6 Å². The third-order valence-electron chi connectivity index (χ3n) is 4.07. The van der Waals surface area contributed by atoms with Gasteiger partial charge in [0.2, 0.25) is 0 Å². The van der Waals surface area contributed by atoms with Crippen molar-refractivity contribution in [3.8, 4) is 0 Å². The molecule has 6 heteroatoms. The molecule has 0 saturated carbocycles. The van der Waals surface area contributed by atoms with Crippen LogP contribution < -0.4 is 5.32 Å². The molecule has 1 aliphatic heterocycles. The van der Waals surface area contributed by atoms with Gasteiger partial charge in [-0.05, 0) is 37.3 Å². The molecule has 2 aromatic rings. The van der Waals surface area contributed by atoms with Crippen LogP contribution in [0.5, 0.6) is 0 Å². The number of morpholine rings is 1. The van der Waals surface area contributed by atoms with Gasteiger partial charge < -0.3 is 15.0 Å². The summed E-state index contributed by atoms with van der Waals surface area (Å²) in [5.41, 5.74) is 2.52. The fourth-order valence-electron chi connectivity index (χ4n) is 2.60. The Kier molecular flexibility index (Phi) is 5.36. The van der Waals surface area contributed by atoms with Crippen LogP contribution in [0.4, 0.5) is 5.69 Å². The number of amides is 2. The lowest BCUT2D eigenvalue weighted by atomic mass is 10.1. The Labute approximate surface area is 151 Å². The maximum Gasteiger partial charge on any atom is 0.255 e. The summed E-state index contributed by atoms with van der Waals surface area (Å²) in [5, 5.41) is 3.17.